The lowest BCUT2D eigenvalue weighted by molar-refractivity contribution is 0.0698. The third-order valence-corrected chi connectivity index (χ3v) is 2.62. The van der Waals surface area contributed by atoms with Crippen LogP contribution in [0.25, 0.3) is 0 Å². The Kier molecular flexibility index (Phi) is 3.10. The molecule has 2 rings (SSSR count). The summed E-state index contributed by atoms with van der Waals surface area (Å²) < 4.78 is 0. The average Bonchev–Trinajstić information content (AvgIpc) is 2.39. The molecule has 0 unspecified atom stereocenters. The largest absolute Gasteiger partial charge is 0.478 e. The first-order valence-electron chi connectivity index (χ1n) is 5.33. The Hall–Kier alpha value is -2.62. The number of carboxylic acid groups (broad SMARTS) is 1. The fraction of sp³-hybridized carbons (Fsp3) is 0. The molecule has 0 spiro atoms. The number of carboxylic acids is 1. The Morgan fingerprint density at radius 3 is 2.11 bits per heavy atom. The molecule has 0 atom stereocenters. The van der Waals surface area contributed by atoms with Gasteiger partial charge >= 0.3 is 5.97 Å². The van der Waals surface area contributed by atoms with E-state index in [-0.39, 0.29) is 22.6 Å². The number of carbonyl (C=O) groups excluding carboxylic acids is 1. The van der Waals surface area contributed by atoms with E-state index in [0.29, 0.717) is 5.56 Å². The van der Waals surface area contributed by atoms with E-state index in [2.05, 4.69) is 0 Å². The summed E-state index contributed by atoms with van der Waals surface area (Å²) >= 11 is 0. The van der Waals surface area contributed by atoms with Gasteiger partial charge in [-0.1, -0.05) is 36.4 Å². The fourth-order valence-corrected chi connectivity index (χ4v) is 1.69. The molecule has 90 valence electrons. The van der Waals surface area contributed by atoms with Crippen molar-refractivity contribution in [3.8, 4) is 0 Å². The number of para-hydroxylation sites is 1. The van der Waals surface area contributed by atoms with E-state index in [4.69, 9.17) is 10.8 Å². The van der Waals surface area contributed by atoms with Gasteiger partial charge in [-0.2, -0.15) is 0 Å². The Bertz CT molecular complexity index is 606. The lowest BCUT2D eigenvalue weighted by Gasteiger charge is -2.07. The SMILES string of the molecule is Nc1c(C(=O)O)cccc1C(=O)c1ccccc1. The first kappa shape index (κ1) is 11.9. The summed E-state index contributed by atoms with van der Waals surface area (Å²) in [5.74, 6) is -1.42. The van der Waals surface area contributed by atoms with Crippen LogP contribution in [0.15, 0.2) is 48.5 Å². The highest BCUT2D eigenvalue weighted by Gasteiger charge is 2.17. The molecule has 0 amide bonds. The molecule has 2 aromatic rings. The Labute approximate surface area is 104 Å². The van der Waals surface area contributed by atoms with Gasteiger partial charge in [0.2, 0.25) is 0 Å². The van der Waals surface area contributed by atoms with Crippen molar-refractivity contribution in [3.05, 3.63) is 65.2 Å². The number of hydrogen-bond donors (Lipinski definition) is 2. The fourth-order valence-electron chi connectivity index (χ4n) is 1.69. The van der Waals surface area contributed by atoms with Crippen LogP contribution in [0.1, 0.15) is 26.3 Å². The van der Waals surface area contributed by atoms with Crippen molar-refractivity contribution in [2.24, 2.45) is 0 Å². The number of nitrogens with two attached hydrogens (primary N) is 1. The number of benzene rings is 2. The summed E-state index contributed by atoms with van der Waals surface area (Å²) in [6, 6.07) is 13.0. The van der Waals surface area contributed by atoms with Crippen LogP contribution in [0.2, 0.25) is 0 Å². The van der Waals surface area contributed by atoms with Crippen molar-refractivity contribution in [1.82, 2.24) is 0 Å². The van der Waals surface area contributed by atoms with Gasteiger partial charge in [-0.05, 0) is 12.1 Å². The quantitative estimate of drug-likeness (QED) is 0.637. The van der Waals surface area contributed by atoms with Gasteiger partial charge in [-0.3, -0.25) is 4.79 Å². The number of hydrogen-bond acceptors (Lipinski definition) is 3. The highest BCUT2D eigenvalue weighted by Crippen LogP contribution is 2.20. The van der Waals surface area contributed by atoms with Crippen LogP contribution in [0.3, 0.4) is 0 Å². The number of aromatic carboxylic acids is 1. The van der Waals surface area contributed by atoms with Crippen LogP contribution < -0.4 is 5.73 Å². The molecule has 4 heteroatoms. The minimum absolute atomic E-state index is 0.00106. The molecule has 0 fully saturated rings. The summed E-state index contributed by atoms with van der Waals surface area (Å²) in [7, 11) is 0. The van der Waals surface area contributed by atoms with E-state index in [9.17, 15) is 9.59 Å². The minimum Gasteiger partial charge on any atom is -0.478 e. The van der Waals surface area contributed by atoms with Crippen molar-refractivity contribution in [2.75, 3.05) is 5.73 Å². The molecular formula is C14H11NO3. The van der Waals surface area contributed by atoms with Gasteiger partial charge < -0.3 is 10.8 Å². The van der Waals surface area contributed by atoms with Crippen LogP contribution >= 0.6 is 0 Å². The molecule has 3 N–H and O–H groups in total. The number of anilines is 1. The Morgan fingerprint density at radius 1 is 0.889 bits per heavy atom. The van der Waals surface area contributed by atoms with Gasteiger partial charge in [0, 0.05) is 11.1 Å². The smallest absolute Gasteiger partial charge is 0.337 e. The molecule has 0 aliphatic heterocycles. The zero-order valence-corrected chi connectivity index (χ0v) is 9.46. The zero-order valence-electron chi connectivity index (χ0n) is 9.46. The van der Waals surface area contributed by atoms with E-state index >= 15 is 0 Å². The Morgan fingerprint density at radius 2 is 1.50 bits per heavy atom. The van der Waals surface area contributed by atoms with Crippen molar-refractivity contribution in [2.45, 2.75) is 0 Å². The molecule has 4 nitrogen and oxygen atoms in total. The molecule has 0 bridgehead atoms. The van der Waals surface area contributed by atoms with Gasteiger partial charge in [-0.15, -0.1) is 0 Å². The monoisotopic (exact) mass is 241 g/mol. The highest BCUT2D eigenvalue weighted by molar-refractivity contribution is 6.14. The number of rotatable bonds is 3. The van der Waals surface area contributed by atoms with Crippen molar-refractivity contribution in [1.29, 1.82) is 0 Å². The Balaban J connectivity index is 2.50. The van der Waals surface area contributed by atoms with Gasteiger partial charge in [0.15, 0.2) is 5.78 Å². The summed E-state index contributed by atoms with van der Waals surface area (Å²) in [4.78, 5) is 23.1. The second kappa shape index (κ2) is 4.71. The van der Waals surface area contributed by atoms with E-state index in [1.165, 1.54) is 18.2 Å². The zero-order chi connectivity index (χ0) is 13.1. The normalized spacial score (nSPS) is 10.0. The maximum absolute atomic E-state index is 12.2. The molecule has 0 aromatic heterocycles. The highest BCUT2D eigenvalue weighted by atomic mass is 16.4. The summed E-state index contributed by atoms with van der Waals surface area (Å²) in [6.07, 6.45) is 0. The van der Waals surface area contributed by atoms with Gasteiger partial charge in [0.25, 0.3) is 0 Å². The molecule has 18 heavy (non-hydrogen) atoms. The maximum atomic E-state index is 12.2. The topological polar surface area (TPSA) is 80.4 Å². The molecule has 0 aliphatic rings. The minimum atomic E-state index is -1.14. The molecule has 0 aliphatic carbocycles. The predicted molar refractivity (Wildman–Crippen MR) is 67.7 cm³/mol. The second-order valence-corrected chi connectivity index (χ2v) is 3.77. The van der Waals surface area contributed by atoms with Crippen molar-refractivity contribution >= 4 is 17.4 Å². The third kappa shape index (κ3) is 2.08. The molecule has 2 aromatic carbocycles. The van der Waals surface area contributed by atoms with E-state index in [0.717, 1.165) is 0 Å². The maximum Gasteiger partial charge on any atom is 0.337 e. The lowest BCUT2D eigenvalue weighted by atomic mass is 9.99. The van der Waals surface area contributed by atoms with E-state index in [1.807, 2.05) is 0 Å². The van der Waals surface area contributed by atoms with Crippen molar-refractivity contribution < 1.29 is 14.7 Å². The first-order valence-corrected chi connectivity index (χ1v) is 5.33. The predicted octanol–water partition coefficient (Wildman–Crippen LogP) is 2.20. The van der Waals surface area contributed by atoms with Gasteiger partial charge in [-0.25, -0.2) is 4.79 Å². The van der Waals surface area contributed by atoms with Gasteiger partial charge in [0.1, 0.15) is 0 Å². The average molecular weight is 241 g/mol. The molecule has 0 saturated heterocycles. The number of carbonyl (C=O) groups is 2. The van der Waals surface area contributed by atoms with Crippen LogP contribution in [0.5, 0.6) is 0 Å². The van der Waals surface area contributed by atoms with E-state index < -0.39 is 5.97 Å². The lowest BCUT2D eigenvalue weighted by Crippen LogP contribution is -2.10. The summed E-state index contributed by atoms with van der Waals surface area (Å²) in [5.41, 5.74) is 6.35. The standard InChI is InChI=1S/C14H11NO3/c15-12-10(7-4-8-11(12)14(17)18)13(16)9-5-2-1-3-6-9/h1-8H,15H2,(H,17,18). The van der Waals surface area contributed by atoms with Crippen LogP contribution in [-0.4, -0.2) is 16.9 Å². The number of ketones is 1. The third-order valence-electron chi connectivity index (χ3n) is 2.62. The first-order chi connectivity index (χ1) is 8.61. The second-order valence-electron chi connectivity index (χ2n) is 3.77. The van der Waals surface area contributed by atoms with E-state index in [1.54, 1.807) is 30.3 Å². The van der Waals surface area contributed by atoms with Crippen molar-refractivity contribution in [3.63, 3.8) is 0 Å². The number of nitrogen functional groups attached to an aromatic ring is 1. The van der Waals surface area contributed by atoms with Crippen LogP contribution in [-0.2, 0) is 0 Å². The van der Waals surface area contributed by atoms with Gasteiger partial charge in [0.05, 0.1) is 11.3 Å². The molecule has 0 radical (unpaired) electrons. The molecule has 0 saturated carbocycles. The van der Waals surface area contributed by atoms with Crippen LogP contribution in [0.4, 0.5) is 5.69 Å². The van der Waals surface area contributed by atoms with Crippen LogP contribution in [0, 0.1) is 0 Å². The molecule has 0 heterocycles. The summed E-state index contributed by atoms with van der Waals surface area (Å²) in [6.45, 7) is 0. The molecular weight excluding hydrogens is 230 g/mol. The summed E-state index contributed by atoms with van der Waals surface area (Å²) in [5, 5.41) is 8.95.